The second-order valence-corrected chi connectivity index (χ2v) is 7.57. The van der Waals surface area contributed by atoms with Crippen LogP contribution >= 0.6 is 11.3 Å². The van der Waals surface area contributed by atoms with E-state index in [4.69, 9.17) is 4.74 Å². The number of pyridine rings is 1. The van der Waals surface area contributed by atoms with Gasteiger partial charge in [-0.1, -0.05) is 0 Å². The number of methoxy groups -OCH3 is 1. The molecule has 28 heavy (non-hydrogen) atoms. The highest BCUT2D eigenvalue weighted by Gasteiger charge is 2.41. The molecule has 3 aromatic heterocycles. The van der Waals surface area contributed by atoms with Gasteiger partial charge in [0.25, 0.3) is 0 Å². The average Bonchev–Trinajstić information content (AvgIpc) is 3.28. The summed E-state index contributed by atoms with van der Waals surface area (Å²) < 4.78 is 5.98. The van der Waals surface area contributed by atoms with Gasteiger partial charge >= 0.3 is 0 Å². The number of anilines is 3. The fourth-order valence-electron chi connectivity index (χ4n) is 3.37. The van der Waals surface area contributed by atoms with Crippen LogP contribution in [-0.4, -0.2) is 62.2 Å². The minimum absolute atomic E-state index is 0.175. The molecule has 148 valence electrons. The number of fused-ring (bicyclic) bond motifs is 1. The van der Waals surface area contributed by atoms with Crippen molar-refractivity contribution >= 4 is 39.0 Å². The van der Waals surface area contributed by atoms with Gasteiger partial charge in [-0.3, -0.25) is 0 Å². The predicted octanol–water partition coefficient (Wildman–Crippen LogP) is 1.35. The zero-order chi connectivity index (χ0) is 19.7. The largest absolute Gasteiger partial charge is 0.481 e. The van der Waals surface area contributed by atoms with Gasteiger partial charge in [-0.05, 0) is 23.9 Å². The molecule has 4 atom stereocenters. The molecule has 10 heteroatoms. The highest BCUT2D eigenvalue weighted by Crippen LogP contribution is 2.33. The molecule has 0 aromatic carbocycles. The Morgan fingerprint density at radius 3 is 2.86 bits per heavy atom. The molecule has 3 heterocycles. The normalized spacial score (nSPS) is 24.4. The quantitative estimate of drug-likeness (QED) is 0.414. The van der Waals surface area contributed by atoms with Gasteiger partial charge in [0.05, 0.1) is 29.5 Å². The second kappa shape index (κ2) is 7.84. The molecular weight excluding hydrogens is 382 g/mol. The van der Waals surface area contributed by atoms with Crippen LogP contribution in [0.3, 0.4) is 0 Å². The first kappa shape index (κ1) is 18.8. The van der Waals surface area contributed by atoms with Crippen molar-refractivity contribution in [1.82, 2.24) is 15.0 Å². The van der Waals surface area contributed by atoms with E-state index in [9.17, 15) is 15.3 Å². The summed E-state index contributed by atoms with van der Waals surface area (Å²) in [7, 11) is 1.54. The van der Waals surface area contributed by atoms with Crippen LogP contribution in [0.5, 0.6) is 5.88 Å². The standard InChI is InChI=1S/C18H21N5O4S/c1-27-13-7-10(2-4-19-13)20-18-22-11-3-5-28-16(11)17(23-18)21-12-6-9(8-24)14(25)15(12)26/h2-5,7,9,12,14-15,24-26H,6,8H2,1H3,(H2,19,20,21,22,23)/t9-,12-,14-,15+/m1/s1. The Hall–Kier alpha value is -2.53. The molecule has 0 bridgehead atoms. The number of rotatable bonds is 6. The number of ether oxygens (including phenoxy) is 1. The van der Waals surface area contributed by atoms with Gasteiger partial charge in [0, 0.05) is 30.5 Å². The Bertz CT molecular complexity index is 968. The molecular formula is C18H21N5O4S. The fourth-order valence-corrected chi connectivity index (χ4v) is 4.15. The number of nitrogens with zero attached hydrogens (tertiary/aromatic N) is 3. The summed E-state index contributed by atoms with van der Waals surface area (Å²) >= 11 is 1.49. The summed E-state index contributed by atoms with van der Waals surface area (Å²) in [6.07, 6.45) is 0.113. The van der Waals surface area contributed by atoms with E-state index in [1.54, 1.807) is 25.4 Å². The Morgan fingerprint density at radius 2 is 2.11 bits per heavy atom. The first-order valence-corrected chi connectivity index (χ1v) is 9.73. The number of hydrogen-bond acceptors (Lipinski definition) is 10. The van der Waals surface area contributed by atoms with E-state index in [-0.39, 0.29) is 12.5 Å². The van der Waals surface area contributed by atoms with E-state index >= 15 is 0 Å². The molecule has 9 nitrogen and oxygen atoms in total. The molecule has 1 saturated carbocycles. The third-order valence-corrected chi connectivity index (χ3v) is 5.77. The summed E-state index contributed by atoms with van der Waals surface area (Å²) in [5.41, 5.74) is 1.49. The van der Waals surface area contributed by atoms with Gasteiger partial charge in [0.2, 0.25) is 11.8 Å². The third-order valence-electron chi connectivity index (χ3n) is 4.86. The SMILES string of the molecule is COc1cc(Nc2nc(N[C@@H]3C[C@H](CO)[C@@H](O)[C@H]3O)c3sccc3n2)ccn1. The lowest BCUT2D eigenvalue weighted by Crippen LogP contribution is -2.35. The topological polar surface area (TPSA) is 133 Å². The second-order valence-electron chi connectivity index (χ2n) is 6.65. The van der Waals surface area contributed by atoms with Gasteiger partial charge in [-0.15, -0.1) is 11.3 Å². The highest BCUT2D eigenvalue weighted by molar-refractivity contribution is 7.17. The molecule has 4 rings (SSSR count). The van der Waals surface area contributed by atoms with Crippen molar-refractivity contribution in [2.75, 3.05) is 24.4 Å². The maximum Gasteiger partial charge on any atom is 0.229 e. The van der Waals surface area contributed by atoms with Gasteiger partial charge in [-0.25, -0.2) is 9.97 Å². The van der Waals surface area contributed by atoms with Crippen LogP contribution in [0.2, 0.25) is 0 Å². The smallest absolute Gasteiger partial charge is 0.229 e. The first-order chi connectivity index (χ1) is 13.6. The van der Waals surface area contributed by atoms with E-state index in [1.165, 1.54) is 11.3 Å². The van der Waals surface area contributed by atoms with Crippen molar-refractivity contribution in [2.24, 2.45) is 5.92 Å². The lowest BCUT2D eigenvalue weighted by molar-refractivity contribution is 0.00446. The van der Waals surface area contributed by atoms with Crippen LogP contribution in [0, 0.1) is 5.92 Å². The van der Waals surface area contributed by atoms with E-state index < -0.39 is 18.2 Å². The molecule has 1 fully saturated rings. The van der Waals surface area contributed by atoms with Gasteiger partial charge < -0.3 is 30.7 Å². The lowest BCUT2D eigenvalue weighted by Gasteiger charge is -2.19. The fraction of sp³-hybridized carbons (Fsp3) is 0.389. The highest BCUT2D eigenvalue weighted by atomic mass is 32.1. The molecule has 1 aliphatic rings. The Morgan fingerprint density at radius 1 is 1.25 bits per heavy atom. The molecule has 1 aliphatic carbocycles. The number of aliphatic hydroxyl groups is 3. The van der Waals surface area contributed by atoms with Gasteiger partial charge in [0.15, 0.2) is 0 Å². The Balaban J connectivity index is 1.62. The van der Waals surface area contributed by atoms with E-state index in [0.29, 0.717) is 24.1 Å². The summed E-state index contributed by atoms with van der Waals surface area (Å²) in [5, 5.41) is 38.0. The molecule has 0 spiro atoms. The van der Waals surface area contributed by atoms with Crippen LogP contribution in [0.25, 0.3) is 10.2 Å². The van der Waals surface area contributed by atoms with Crippen molar-refractivity contribution in [1.29, 1.82) is 0 Å². The van der Waals surface area contributed by atoms with Crippen molar-refractivity contribution in [3.63, 3.8) is 0 Å². The van der Waals surface area contributed by atoms with Crippen molar-refractivity contribution < 1.29 is 20.1 Å². The molecule has 0 saturated heterocycles. The lowest BCUT2D eigenvalue weighted by atomic mass is 10.1. The summed E-state index contributed by atoms with van der Waals surface area (Å²) in [4.78, 5) is 13.2. The zero-order valence-corrected chi connectivity index (χ0v) is 15.9. The van der Waals surface area contributed by atoms with Gasteiger partial charge in [-0.2, -0.15) is 4.98 Å². The molecule has 0 amide bonds. The monoisotopic (exact) mass is 403 g/mol. The van der Waals surface area contributed by atoms with Crippen LogP contribution in [-0.2, 0) is 0 Å². The Labute approximate surface area is 165 Å². The van der Waals surface area contributed by atoms with E-state index in [1.807, 2.05) is 11.4 Å². The summed E-state index contributed by atoms with van der Waals surface area (Å²) in [6, 6.07) is 4.99. The predicted molar refractivity (Wildman–Crippen MR) is 106 cm³/mol. The molecule has 3 aromatic rings. The van der Waals surface area contributed by atoms with Crippen LogP contribution in [0.4, 0.5) is 17.5 Å². The van der Waals surface area contributed by atoms with Crippen molar-refractivity contribution in [3.8, 4) is 5.88 Å². The Kier molecular flexibility index (Phi) is 5.27. The van der Waals surface area contributed by atoms with Gasteiger partial charge in [0.1, 0.15) is 11.9 Å². The van der Waals surface area contributed by atoms with E-state index in [0.717, 1.165) is 15.9 Å². The molecule has 5 N–H and O–H groups in total. The van der Waals surface area contributed by atoms with E-state index in [2.05, 4.69) is 25.6 Å². The third kappa shape index (κ3) is 3.59. The maximum atomic E-state index is 10.3. The number of aromatic nitrogens is 3. The molecule has 0 radical (unpaired) electrons. The number of aliphatic hydroxyl groups excluding tert-OH is 3. The molecule has 0 aliphatic heterocycles. The molecule has 0 unspecified atom stereocenters. The first-order valence-electron chi connectivity index (χ1n) is 8.85. The van der Waals surface area contributed by atoms with Crippen LogP contribution < -0.4 is 15.4 Å². The minimum Gasteiger partial charge on any atom is -0.481 e. The van der Waals surface area contributed by atoms with Crippen molar-refractivity contribution in [3.05, 3.63) is 29.8 Å². The number of thiophene rings is 1. The zero-order valence-electron chi connectivity index (χ0n) is 15.1. The average molecular weight is 403 g/mol. The number of hydrogen-bond donors (Lipinski definition) is 5. The maximum absolute atomic E-state index is 10.3. The summed E-state index contributed by atoms with van der Waals surface area (Å²) in [5.74, 6) is 1.06. The number of nitrogens with one attached hydrogen (secondary N) is 2. The van der Waals surface area contributed by atoms with Crippen LogP contribution in [0.15, 0.2) is 29.8 Å². The minimum atomic E-state index is -0.983. The van der Waals surface area contributed by atoms with Crippen LogP contribution in [0.1, 0.15) is 6.42 Å². The van der Waals surface area contributed by atoms with Crippen molar-refractivity contribution in [2.45, 2.75) is 24.7 Å². The summed E-state index contributed by atoms with van der Waals surface area (Å²) in [6.45, 7) is -0.175.